The van der Waals surface area contributed by atoms with Gasteiger partial charge in [-0.25, -0.2) is 4.39 Å². The number of rotatable bonds is 1. The van der Waals surface area contributed by atoms with E-state index < -0.39 is 17.6 Å². The largest absolute Gasteiger partial charge is 0.469 e. The van der Waals surface area contributed by atoms with Gasteiger partial charge in [0.25, 0.3) is 0 Å². The standard InChI is InChI=1S/C8H13FO3/c1-8(7(10)11-2)3-4-12-5-6(8)9/h6H,3-5H2,1-2H3. The second-order valence-electron chi connectivity index (χ2n) is 3.20. The molecule has 2 atom stereocenters. The normalized spacial score (nSPS) is 36.1. The van der Waals surface area contributed by atoms with Gasteiger partial charge in [-0.05, 0) is 13.3 Å². The molecule has 12 heavy (non-hydrogen) atoms. The van der Waals surface area contributed by atoms with E-state index >= 15 is 0 Å². The third-order valence-electron chi connectivity index (χ3n) is 2.37. The summed E-state index contributed by atoms with van der Waals surface area (Å²) >= 11 is 0. The zero-order valence-corrected chi connectivity index (χ0v) is 7.30. The maximum atomic E-state index is 13.2. The number of methoxy groups -OCH3 is 1. The number of esters is 1. The molecule has 0 bridgehead atoms. The summed E-state index contributed by atoms with van der Waals surface area (Å²) in [5, 5.41) is 0. The molecule has 1 aliphatic rings. The molecule has 0 radical (unpaired) electrons. The van der Waals surface area contributed by atoms with E-state index in [0.717, 1.165) is 0 Å². The summed E-state index contributed by atoms with van der Waals surface area (Å²) in [5.41, 5.74) is -1.01. The van der Waals surface area contributed by atoms with E-state index in [1.54, 1.807) is 6.92 Å². The van der Waals surface area contributed by atoms with Gasteiger partial charge in [-0.2, -0.15) is 0 Å². The molecule has 0 aromatic carbocycles. The number of hydrogen-bond donors (Lipinski definition) is 0. The van der Waals surface area contributed by atoms with Crippen molar-refractivity contribution < 1.29 is 18.7 Å². The van der Waals surface area contributed by atoms with Crippen LogP contribution in [0.3, 0.4) is 0 Å². The fourth-order valence-corrected chi connectivity index (χ4v) is 1.27. The van der Waals surface area contributed by atoms with Crippen molar-refractivity contribution in [1.29, 1.82) is 0 Å². The maximum Gasteiger partial charge on any atom is 0.314 e. The van der Waals surface area contributed by atoms with Crippen molar-refractivity contribution >= 4 is 5.97 Å². The number of ether oxygens (including phenoxy) is 2. The van der Waals surface area contributed by atoms with Crippen LogP contribution in [0.4, 0.5) is 4.39 Å². The van der Waals surface area contributed by atoms with Gasteiger partial charge in [-0.3, -0.25) is 4.79 Å². The Kier molecular flexibility index (Phi) is 2.67. The van der Waals surface area contributed by atoms with E-state index in [2.05, 4.69) is 4.74 Å². The van der Waals surface area contributed by atoms with Gasteiger partial charge in [0.2, 0.25) is 0 Å². The van der Waals surface area contributed by atoms with Gasteiger partial charge in [-0.15, -0.1) is 0 Å². The molecule has 0 amide bonds. The minimum Gasteiger partial charge on any atom is -0.469 e. The summed E-state index contributed by atoms with van der Waals surface area (Å²) in [7, 11) is 1.27. The molecule has 0 aliphatic carbocycles. The first kappa shape index (κ1) is 9.45. The summed E-state index contributed by atoms with van der Waals surface area (Å²) in [4.78, 5) is 11.2. The quantitative estimate of drug-likeness (QED) is 0.557. The van der Waals surface area contributed by atoms with E-state index in [4.69, 9.17) is 4.74 Å². The van der Waals surface area contributed by atoms with E-state index in [0.29, 0.717) is 13.0 Å². The minimum absolute atomic E-state index is 0.00833. The van der Waals surface area contributed by atoms with Crippen molar-refractivity contribution in [2.24, 2.45) is 5.41 Å². The highest BCUT2D eigenvalue weighted by Crippen LogP contribution is 2.33. The van der Waals surface area contributed by atoms with Gasteiger partial charge in [0.05, 0.1) is 13.7 Å². The van der Waals surface area contributed by atoms with Crippen molar-refractivity contribution in [3.8, 4) is 0 Å². The number of halogens is 1. The van der Waals surface area contributed by atoms with Crippen molar-refractivity contribution in [3.63, 3.8) is 0 Å². The zero-order valence-electron chi connectivity index (χ0n) is 7.30. The van der Waals surface area contributed by atoms with Crippen LogP contribution in [0.15, 0.2) is 0 Å². The Morgan fingerprint density at radius 3 is 2.92 bits per heavy atom. The summed E-state index contributed by atoms with van der Waals surface area (Å²) < 4.78 is 22.7. The topological polar surface area (TPSA) is 35.5 Å². The molecule has 0 aromatic heterocycles. The SMILES string of the molecule is COC(=O)C1(C)CCOCC1F. The molecule has 70 valence electrons. The monoisotopic (exact) mass is 176 g/mol. The van der Waals surface area contributed by atoms with Crippen LogP contribution >= 0.6 is 0 Å². The predicted molar refractivity (Wildman–Crippen MR) is 40.5 cm³/mol. The highest BCUT2D eigenvalue weighted by atomic mass is 19.1. The summed E-state index contributed by atoms with van der Waals surface area (Å²) in [6.45, 7) is 1.99. The number of hydrogen-bond acceptors (Lipinski definition) is 3. The van der Waals surface area contributed by atoms with E-state index in [9.17, 15) is 9.18 Å². The van der Waals surface area contributed by atoms with Crippen LogP contribution in [-0.2, 0) is 14.3 Å². The fourth-order valence-electron chi connectivity index (χ4n) is 1.27. The van der Waals surface area contributed by atoms with Crippen LogP contribution in [0, 0.1) is 5.41 Å². The zero-order chi connectivity index (χ0) is 9.19. The average molecular weight is 176 g/mol. The van der Waals surface area contributed by atoms with Crippen LogP contribution in [0.5, 0.6) is 0 Å². The lowest BCUT2D eigenvalue weighted by atomic mass is 9.81. The first-order valence-electron chi connectivity index (χ1n) is 3.91. The molecule has 0 N–H and O–H groups in total. The minimum atomic E-state index is -1.25. The highest BCUT2D eigenvalue weighted by Gasteiger charge is 2.45. The Morgan fingerprint density at radius 2 is 2.42 bits per heavy atom. The van der Waals surface area contributed by atoms with Crippen molar-refractivity contribution in [1.82, 2.24) is 0 Å². The fraction of sp³-hybridized carbons (Fsp3) is 0.875. The highest BCUT2D eigenvalue weighted by molar-refractivity contribution is 5.77. The number of carbonyl (C=O) groups excluding carboxylic acids is 1. The average Bonchev–Trinajstić information content (AvgIpc) is 2.09. The van der Waals surface area contributed by atoms with Crippen LogP contribution in [0.1, 0.15) is 13.3 Å². The maximum absolute atomic E-state index is 13.2. The first-order chi connectivity index (χ1) is 5.61. The molecule has 1 saturated heterocycles. The predicted octanol–water partition coefficient (Wildman–Crippen LogP) is 0.924. The van der Waals surface area contributed by atoms with Crippen molar-refractivity contribution in [3.05, 3.63) is 0 Å². The molecule has 3 nitrogen and oxygen atoms in total. The molecule has 2 unspecified atom stereocenters. The molecule has 1 aliphatic heterocycles. The second kappa shape index (κ2) is 3.39. The lowest BCUT2D eigenvalue weighted by molar-refractivity contribution is -0.164. The molecule has 0 aromatic rings. The lowest BCUT2D eigenvalue weighted by Crippen LogP contribution is -2.45. The molecule has 1 rings (SSSR count). The number of alkyl halides is 1. The molecule has 1 fully saturated rings. The van der Waals surface area contributed by atoms with Gasteiger partial charge < -0.3 is 9.47 Å². The smallest absolute Gasteiger partial charge is 0.314 e. The second-order valence-corrected chi connectivity index (χ2v) is 3.20. The van der Waals surface area contributed by atoms with Crippen molar-refractivity contribution in [2.75, 3.05) is 20.3 Å². The van der Waals surface area contributed by atoms with Crippen LogP contribution in [-0.4, -0.2) is 32.5 Å². The third-order valence-corrected chi connectivity index (χ3v) is 2.37. The summed E-state index contributed by atoms with van der Waals surface area (Å²) in [6.07, 6.45) is -0.861. The van der Waals surface area contributed by atoms with Crippen LogP contribution < -0.4 is 0 Å². The van der Waals surface area contributed by atoms with E-state index in [-0.39, 0.29) is 6.61 Å². The molecule has 0 spiro atoms. The number of carbonyl (C=O) groups is 1. The van der Waals surface area contributed by atoms with Gasteiger partial charge in [0.15, 0.2) is 0 Å². The Bertz CT molecular complexity index is 183. The van der Waals surface area contributed by atoms with Gasteiger partial charge in [-0.1, -0.05) is 0 Å². The lowest BCUT2D eigenvalue weighted by Gasteiger charge is -2.33. The van der Waals surface area contributed by atoms with Crippen molar-refractivity contribution in [2.45, 2.75) is 19.5 Å². The summed E-state index contributed by atoms with van der Waals surface area (Å²) in [5.74, 6) is -0.488. The Morgan fingerprint density at radius 1 is 1.75 bits per heavy atom. The van der Waals surface area contributed by atoms with Crippen LogP contribution in [0.2, 0.25) is 0 Å². The van der Waals surface area contributed by atoms with E-state index in [1.807, 2.05) is 0 Å². The summed E-state index contributed by atoms with van der Waals surface area (Å²) in [6, 6.07) is 0. The Balaban J connectivity index is 2.72. The molecule has 0 saturated carbocycles. The molecular formula is C8H13FO3. The van der Waals surface area contributed by atoms with Gasteiger partial charge in [0.1, 0.15) is 11.6 Å². The Hall–Kier alpha value is -0.640. The third kappa shape index (κ3) is 1.43. The van der Waals surface area contributed by atoms with Crippen LogP contribution in [0.25, 0.3) is 0 Å². The molecule has 1 heterocycles. The van der Waals surface area contributed by atoms with Gasteiger partial charge in [0, 0.05) is 6.61 Å². The van der Waals surface area contributed by atoms with E-state index in [1.165, 1.54) is 7.11 Å². The molecule has 4 heteroatoms. The molecular weight excluding hydrogens is 163 g/mol. The van der Waals surface area contributed by atoms with Gasteiger partial charge >= 0.3 is 5.97 Å². The Labute approximate surface area is 70.8 Å². The first-order valence-corrected chi connectivity index (χ1v) is 3.91.